The minimum Gasteiger partial charge on any atom is -0.450 e. The number of amides is 4. The molecule has 8 nitrogen and oxygen atoms in total. The number of hydrogen-bond acceptors (Lipinski definition) is 4. The van der Waals surface area contributed by atoms with Crippen LogP contribution in [-0.2, 0) is 9.53 Å². The lowest BCUT2D eigenvalue weighted by Crippen LogP contribution is -2.51. The lowest BCUT2D eigenvalue weighted by molar-refractivity contribution is -0.127. The molecule has 0 bridgehead atoms. The van der Waals surface area contributed by atoms with Crippen molar-refractivity contribution < 1.29 is 19.1 Å². The molecule has 3 N–H and O–H groups in total. The molecule has 1 saturated heterocycles. The van der Waals surface area contributed by atoms with E-state index in [4.69, 9.17) is 4.74 Å². The minimum atomic E-state index is -0.527. The first kappa shape index (κ1) is 18.6. The standard InChI is InChI=1S/C17H24N4O4/c1-3-25-17(24)21-10-6-8-13(11-21)15(22)19-20-16(23)18-14-9-5-4-7-12(14)2/h4-5,7,9,13H,3,6,8,10-11H2,1-2H3,(H,19,22)(H2,18,20,23). The third-order valence-corrected chi connectivity index (χ3v) is 4.01. The molecule has 1 aromatic rings. The van der Waals surface area contributed by atoms with E-state index in [2.05, 4.69) is 16.2 Å². The number of likely N-dealkylation sites (tertiary alicyclic amines) is 1. The van der Waals surface area contributed by atoms with Gasteiger partial charge >= 0.3 is 12.1 Å². The van der Waals surface area contributed by atoms with Crippen LogP contribution >= 0.6 is 0 Å². The van der Waals surface area contributed by atoms with Gasteiger partial charge in [-0.05, 0) is 38.3 Å². The monoisotopic (exact) mass is 348 g/mol. The third kappa shape index (κ3) is 5.37. The van der Waals surface area contributed by atoms with Gasteiger partial charge in [0.15, 0.2) is 0 Å². The molecule has 1 fully saturated rings. The summed E-state index contributed by atoms with van der Waals surface area (Å²) >= 11 is 0. The van der Waals surface area contributed by atoms with Gasteiger partial charge in [-0.25, -0.2) is 15.0 Å². The first-order valence-corrected chi connectivity index (χ1v) is 8.35. The quantitative estimate of drug-likeness (QED) is 0.728. The Hall–Kier alpha value is -2.77. The Morgan fingerprint density at radius 1 is 1.24 bits per heavy atom. The van der Waals surface area contributed by atoms with Gasteiger partial charge in [0.2, 0.25) is 5.91 Å². The fourth-order valence-corrected chi connectivity index (χ4v) is 2.66. The highest BCUT2D eigenvalue weighted by molar-refractivity contribution is 5.92. The number of carbonyl (C=O) groups is 3. The fraction of sp³-hybridized carbons (Fsp3) is 0.471. The Morgan fingerprint density at radius 2 is 2.00 bits per heavy atom. The molecule has 0 saturated carbocycles. The molecule has 1 aliphatic rings. The number of nitrogens with one attached hydrogen (secondary N) is 3. The van der Waals surface area contributed by atoms with E-state index in [1.165, 1.54) is 4.90 Å². The molecular formula is C17H24N4O4. The van der Waals surface area contributed by atoms with Crippen LogP contribution in [0.15, 0.2) is 24.3 Å². The van der Waals surface area contributed by atoms with Crippen LogP contribution in [0.4, 0.5) is 15.3 Å². The van der Waals surface area contributed by atoms with Crippen LogP contribution in [0.2, 0.25) is 0 Å². The number of piperidine rings is 1. The van der Waals surface area contributed by atoms with Crippen LogP contribution in [0.5, 0.6) is 0 Å². The molecule has 25 heavy (non-hydrogen) atoms. The summed E-state index contributed by atoms with van der Waals surface area (Å²) < 4.78 is 4.96. The average Bonchev–Trinajstić information content (AvgIpc) is 2.62. The highest BCUT2D eigenvalue weighted by Crippen LogP contribution is 2.17. The number of ether oxygens (including phenoxy) is 1. The van der Waals surface area contributed by atoms with Gasteiger partial charge in [0.05, 0.1) is 12.5 Å². The zero-order valence-corrected chi connectivity index (χ0v) is 14.5. The Labute approximate surface area is 146 Å². The zero-order valence-electron chi connectivity index (χ0n) is 14.5. The van der Waals surface area contributed by atoms with Crippen molar-refractivity contribution in [2.75, 3.05) is 25.0 Å². The maximum absolute atomic E-state index is 12.2. The smallest absolute Gasteiger partial charge is 0.409 e. The number of carbonyl (C=O) groups excluding carboxylic acids is 3. The van der Waals surface area contributed by atoms with Gasteiger partial charge in [-0.15, -0.1) is 0 Å². The summed E-state index contributed by atoms with van der Waals surface area (Å²) in [6.07, 6.45) is 0.958. The van der Waals surface area contributed by atoms with Crippen molar-refractivity contribution in [1.29, 1.82) is 0 Å². The van der Waals surface area contributed by atoms with Gasteiger partial charge in [0.1, 0.15) is 0 Å². The van der Waals surface area contributed by atoms with Crippen LogP contribution in [0.25, 0.3) is 0 Å². The Bertz CT molecular complexity index is 635. The summed E-state index contributed by atoms with van der Waals surface area (Å²) in [5, 5.41) is 2.66. The van der Waals surface area contributed by atoms with Crippen molar-refractivity contribution >= 4 is 23.7 Å². The number of rotatable bonds is 3. The van der Waals surface area contributed by atoms with E-state index in [1.807, 2.05) is 25.1 Å². The minimum absolute atomic E-state index is 0.283. The van der Waals surface area contributed by atoms with Crippen molar-refractivity contribution in [3.8, 4) is 0 Å². The van der Waals surface area contributed by atoms with Crippen molar-refractivity contribution in [3.05, 3.63) is 29.8 Å². The SMILES string of the molecule is CCOC(=O)N1CCCC(C(=O)NNC(=O)Nc2ccccc2C)C1. The highest BCUT2D eigenvalue weighted by Gasteiger charge is 2.29. The predicted octanol–water partition coefficient (Wildman–Crippen LogP) is 2.02. The van der Waals surface area contributed by atoms with Crippen LogP contribution in [-0.4, -0.2) is 42.6 Å². The molecule has 1 atom stereocenters. The number of aryl methyl sites for hydroxylation is 1. The highest BCUT2D eigenvalue weighted by atomic mass is 16.6. The van der Waals surface area contributed by atoms with E-state index in [1.54, 1.807) is 13.0 Å². The van der Waals surface area contributed by atoms with Gasteiger partial charge in [-0.3, -0.25) is 10.2 Å². The van der Waals surface area contributed by atoms with Crippen molar-refractivity contribution in [2.45, 2.75) is 26.7 Å². The van der Waals surface area contributed by atoms with Crippen molar-refractivity contribution in [1.82, 2.24) is 15.8 Å². The maximum atomic E-state index is 12.2. The van der Waals surface area contributed by atoms with Crippen LogP contribution < -0.4 is 16.2 Å². The number of nitrogens with zero attached hydrogens (tertiary/aromatic N) is 1. The molecule has 0 radical (unpaired) electrons. The first-order chi connectivity index (χ1) is 12.0. The van der Waals surface area contributed by atoms with Crippen molar-refractivity contribution in [3.63, 3.8) is 0 Å². The third-order valence-electron chi connectivity index (χ3n) is 4.01. The largest absolute Gasteiger partial charge is 0.450 e. The van der Waals surface area contributed by atoms with Crippen LogP contribution in [0, 0.1) is 12.8 Å². The van der Waals surface area contributed by atoms with E-state index >= 15 is 0 Å². The van der Waals surface area contributed by atoms with Gasteiger partial charge in [0, 0.05) is 18.8 Å². The molecule has 1 aliphatic heterocycles. The Morgan fingerprint density at radius 3 is 2.72 bits per heavy atom. The van der Waals surface area contributed by atoms with Gasteiger partial charge < -0.3 is 15.0 Å². The summed E-state index contributed by atoms with van der Waals surface area (Å²) in [4.78, 5) is 37.4. The first-order valence-electron chi connectivity index (χ1n) is 8.35. The molecule has 1 aromatic carbocycles. The summed E-state index contributed by atoms with van der Waals surface area (Å²) in [6, 6.07) is 6.81. The van der Waals surface area contributed by atoms with Crippen LogP contribution in [0.1, 0.15) is 25.3 Å². The summed E-state index contributed by atoms with van der Waals surface area (Å²) in [5.74, 6) is -0.703. The second-order valence-electron chi connectivity index (χ2n) is 5.87. The van der Waals surface area contributed by atoms with E-state index in [0.717, 1.165) is 5.56 Å². The van der Waals surface area contributed by atoms with E-state index < -0.39 is 12.1 Å². The maximum Gasteiger partial charge on any atom is 0.409 e. The lowest BCUT2D eigenvalue weighted by Gasteiger charge is -2.31. The normalized spacial score (nSPS) is 16.7. The molecule has 1 unspecified atom stereocenters. The van der Waals surface area contributed by atoms with Gasteiger partial charge in [0.25, 0.3) is 0 Å². The fourth-order valence-electron chi connectivity index (χ4n) is 2.66. The molecule has 1 heterocycles. The van der Waals surface area contributed by atoms with E-state index in [9.17, 15) is 14.4 Å². The molecule has 0 aliphatic carbocycles. The van der Waals surface area contributed by atoms with E-state index in [-0.39, 0.29) is 18.4 Å². The molecule has 4 amide bonds. The van der Waals surface area contributed by atoms with Crippen molar-refractivity contribution in [2.24, 2.45) is 5.92 Å². The molecular weight excluding hydrogens is 324 g/mol. The average molecular weight is 348 g/mol. The summed E-state index contributed by atoms with van der Waals surface area (Å²) in [5.41, 5.74) is 6.33. The number of urea groups is 1. The number of benzene rings is 1. The van der Waals surface area contributed by atoms with Gasteiger partial charge in [-0.2, -0.15) is 0 Å². The lowest BCUT2D eigenvalue weighted by atomic mass is 9.98. The second kappa shape index (κ2) is 8.91. The van der Waals surface area contributed by atoms with Crippen LogP contribution in [0.3, 0.4) is 0 Å². The molecule has 0 spiro atoms. The Balaban J connectivity index is 1.80. The molecule has 136 valence electrons. The molecule has 2 rings (SSSR count). The number of para-hydroxylation sites is 1. The summed E-state index contributed by atoms with van der Waals surface area (Å²) in [6.45, 7) is 4.77. The van der Waals surface area contributed by atoms with E-state index in [0.29, 0.717) is 31.7 Å². The second-order valence-corrected chi connectivity index (χ2v) is 5.87. The topological polar surface area (TPSA) is 99.8 Å². The zero-order chi connectivity index (χ0) is 18.2. The number of anilines is 1. The molecule has 8 heteroatoms. The predicted molar refractivity (Wildman–Crippen MR) is 92.8 cm³/mol. The number of hydrazine groups is 1. The van der Waals surface area contributed by atoms with Gasteiger partial charge in [-0.1, -0.05) is 18.2 Å². The summed E-state index contributed by atoms with van der Waals surface area (Å²) in [7, 11) is 0. The molecule has 0 aromatic heterocycles. The Kier molecular flexibility index (Phi) is 6.62. The number of hydrogen-bond donors (Lipinski definition) is 3.